The molecular weight excluding hydrogens is 300 g/mol. The Morgan fingerprint density at radius 2 is 2.08 bits per heavy atom. The second-order valence-corrected chi connectivity index (χ2v) is 6.19. The minimum absolute atomic E-state index is 0.171. The summed E-state index contributed by atoms with van der Waals surface area (Å²) in [6.45, 7) is 1.73. The Hall–Kier alpha value is -2.75. The van der Waals surface area contributed by atoms with E-state index in [4.69, 9.17) is 9.47 Å². The van der Waals surface area contributed by atoms with Crippen LogP contribution in [0.4, 0.5) is 0 Å². The van der Waals surface area contributed by atoms with Crippen molar-refractivity contribution in [3.05, 3.63) is 78.4 Å². The van der Waals surface area contributed by atoms with Crippen LogP contribution in [0.1, 0.15) is 11.1 Å². The van der Waals surface area contributed by atoms with E-state index in [9.17, 15) is 0 Å². The molecule has 122 valence electrons. The van der Waals surface area contributed by atoms with Crippen molar-refractivity contribution >= 4 is 0 Å². The van der Waals surface area contributed by atoms with E-state index >= 15 is 0 Å². The lowest BCUT2D eigenvalue weighted by Gasteiger charge is -2.07. The highest BCUT2D eigenvalue weighted by molar-refractivity contribution is 5.43. The Balaban J connectivity index is 1.40. The molecule has 0 spiro atoms. The topological polar surface area (TPSA) is 27.3 Å². The van der Waals surface area contributed by atoms with Crippen LogP contribution >= 0.6 is 0 Å². The van der Waals surface area contributed by atoms with Gasteiger partial charge in [-0.1, -0.05) is 30.3 Å². The number of nitrogens with zero attached hydrogens (tertiary/aromatic N) is 2. The van der Waals surface area contributed by atoms with Crippen molar-refractivity contribution in [3.63, 3.8) is 0 Å². The number of methoxy groups -OCH3 is 1. The molecule has 1 aliphatic heterocycles. The first-order chi connectivity index (χ1) is 11.8. The maximum atomic E-state index is 6.05. The second kappa shape index (κ2) is 6.40. The van der Waals surface area contributed by atoms with Crippen molar-refractivity contribution in [2.24, 2.45) is 0 Å². The molecule has 2 heterocycles. The molecule has 0 radical (unpaired) electrons. The summed E-state index contributed by atoms with van der Waals surface area (Å²) in [5.74, 6) is 1.87. The molecule has 1 unspecified atom stereocenters. The van der Waals surface area contributed by atoms with Gasteiger partial charge in [-0.2, -0.15) is 0 Å². The molecule has 4 heteroatoms. The monoisotopic (exact) mass is 321 g/mol. The zero-order valence-corrected chi connectivity index (χ0v) is 13.8. The first-order valence-electron chi connectivity index (χ1n) is 8.22. The third-order valence-electron chi connectivity index (χ3n) is 4.38. The fourth-order valence-corrected chi connectivity index (χ4v) is 3.20. The molecule has 1 aliphatic rings. The highest BCUT2D eigenvalue weighted by Gasteiger charge is 2.25. The molecule has 0 fully saturated rings. The minimum Gasteiger partial charge on any atom is -0.497 e. The molecule has 0 bridgehead atoms. The van der Waals surface area contributed by atoms with Crippen LogP contribution in [0, 0.1) is 0 Å². The van der Waals surface area contributed by atoms with Crippen LogP contribution in [0.3, 0.4) is 0 Å². The Labute approximate surface area is 141 Å². The normalized spacial score (nSPS) is 15.8. The standard InChI is InChI=1S/C20H21N2O2/c1-23-18-7-8-20-17(11-18)12-19(24-20)14-22-10-9-21(15-22)13-16-5-3-2-4-6-16/h2-11,15,19H,12-14H2,1H3/q+1. The molecule has 0 saturated heterocycles. The Morgan fingerprint density at radius 3 is 2.92 bits per heavy atom. The zero-order valence-electron chi connectivity index (χ0n) is 13.8. The van der Waals surface area contributed by atoms with Gasteiger partial charge in [-0.05, 0) is 23.8 Å². The van der Waals surface area contributed by atoms with Gasteiger partial charge in [-0.15, -0.1) is 0 Å². The quantitative estimate of drug-likeness (QED) is 0.676. The summed E-state index contributed by atoms with van der Waals surface area (Å²) in [4.78, 5) is 0. The maximum absolute atomic E-state index is 6.05. The lowest BCUT2D eigenvalue weighted by molar-refractivity contribution is -0.687. The summed E-state index contributed by atoms with van der Waals surface area (Å²) in [6.07, 6.45) is 7.45. The predicted octanol–water partition coefficient (Wildman–Crippen LogP) is 2.84. The van der Waals surface area contributed by atoms with Crippen molar-refractivity contribution in [3.8, 4) is 11.5 Å². The average Bonchev–Trinajstić information content (AvgIpc) is 3.21. The van der Waals surface area contributed by atoms with E-state index in [0.717, 1.165) is 31.0 Å². The molecule has 2 aromatic carbocycles. The van der Waals surface area contributed by atoms with Gasteiger partial charge in [0.05, 0.1) is 7.11 Å². The van der Waals surface area contributed by atoms with Crippen LogP contribution in [0.5, 0.6) is 11.5 Å². The summed E-state index contributed by atoms with van der Waals surface area (Å²) < 4.78 is 15.7. The molecule has 4 nitrogen and oxygen atoms in total. The van der Waals surface area contributed by atoms with Gasteiger partial charge < -0.3 is 9.47 Å². The number of ether oxygens (including phenoxy) is 2. The van der Waals surface area contributed by atoms with Crippen molar-refractivity contribution in [1.29, 1.82) is 0 Å². The van der Waals surface area contributed by atoms with Gasteiger partial charge >= 0.3 is 0 Å². The molecule has 0 aliphatic carbocycles. The summed E-state index contributed by atoms with van der Waals surface area (Å²) in [5.41, 5.74) is 2.53. The molecule has 4 rings (SSSR count). The fraction of sp³-hybridized carbons (Fsp3) is 0.250. The van der Waals surface area contributed by atoms with E-state index in [1.54, 1.807) is 7.11 Å². The van der Waals surface area contributed by atoms with Crippen LogP contribution in [0.2, 0.25) is 0 Å². The first kappa shape index (κ1) is 14.8. The first-order valence-corrected chi connectivity index (χ1v) is 8.22. The fourth-order valence-electron chi connectivity index (χ4n) is 3.20. The SMILES string of the molecule is COc1ccc2c(c1)CC(Cn1cc[n+](Cc3ccccc3)c1)O2. The van der Waals surface area contributed by atoms with Gasteiger partial charge in [0.25, 0.3) is 0 Å². The summed E-state index contributed by atoms with van der Waals surface area (Å²) in [6, 6.07) is 16.5. The largest absolute Gasteiger partial charge is 0.497 e. The van der Waals surface area contributed by atoms with E-state index < -0.39 is 0 Å². The molecule has 3 aromatic rings. The van der Waals surface area contributed by atoms with Crippen LogP contribution in [-0.4, -0.2) is 17.8 Å². The predicted molar refractivity (Wildman–Crippen MR) is 91.3 cm³/mol. The zero-order chi connectivity index (χ0) is 16.4. The average molecular weight is 321 g/mol. The van der Waals surface area contributed by atoms with Crippen molar-refractivity contribution in [2.45, 2.75) is 25.6 Å². The minimum atomic E-state index is 0.171. The highest BCUT2D eigenvalue weighted by Crippen LogP contribution is 2.32. The molecule has 0 amide bonds. The van der Waals surface area contributed by atoms with Crippen molar-refractivity contribution in [1.82, 2.24) is 4.57 Å². The number of hydrogen-bond donors (Lipinski definition) is 0. The Kier molecular flexibility index (Phi) is 3.95. The molecule has 0 saturated carbocycles. The number of fused-ring (bicyclic) bond motifs is 1. The highest BCUT2D eigenvalue weighted by atomic mass is 16.5. The van der Waals surface area contributed by atoms with Crippen LogP contribution in [-0.2, 0) is 19.5 Å². The summed E-state index contributed by atoms with van der Waals surface area (Å²) >= 11 is 0. The molecule has 1 atom stereocenters. The molecule has 24 heavy (non-hydrogen) atoms. The van der Waals surface area contributed by atoms with Gasteiger partial charge in [0, 0.05) is 12.0 Å². The third kappa shape index (κ3) is 3.13. The number of rotatable bonds is 5. The van der Waals surface area contributed by atoms with Crippen LogP contribution < -0.4 is 14.0 Å². The van der Waals surface area contributed by atoms with E-state index in [2.05, 4.69) is 58.2 Å². The third-order valence-corrected chi connectivity index (χ3v) is 4.38. The summed E-state index contributed by atoms with van der Waals surface area (Å²) in [7, 11) is 1.69. The van der Waals surface area contributed by atoms with E-state index in [1.165, 1.54) is 11.1 Å². The smallest absolute Gasteiger partial charge is 0.244 e. The second-order valence-electron chi connectivity index (χ2n) is 6.19. The molecule has 0 N–H and O–H groups in total. The van der Waals surface area contributed by atoms with Gasteiger partial charge in [0.15, 0.2) is 0 Å². The van der Waals surface area contributed by atoms with Crippen molar-refractivity contribution in [2.75, 3.05) is 7.11 Å². The lowest BCUT2D eigenvalue weighted by atomic mass is 10.1. The van der Waals surface area contributed by atoms with Crippen molar-refractivity contribution < 1.29 is 14.0 Å². The number of aromatic nitrogens is 2. The van der Waals surface area contributed by atoms with Gasteiger partial charge in [0.2, 0.25) is 6.33 Å². The lowest BCUT2D eigenvalue weighted by Crippen LogP contribution is -2.32. The summed E-state index contributed by atoms with van der Waals surface area (Å²) in [5, 5.41) is 0. The van der Waals surface area contributed by atoms with Gasteiger partial charge in [0.1, 0.15) is 43.1 Å². The van der Waals surface area contributed by atoms with E-state index in [-0.39, 0.29) is 6.10 Å². The van der Waals surface area contributed by atoms with E-state index in [1.807, 2.05) is 18.2 Å². The van der Waals surface area contributed by atoms with Gasteiger partial charge in [-0.25, -0.2) is 9.13 Å². The van der Waals surface area contributed by atoms with Gasteiger partial charge in [-0.3, -0.25) is 0 Å². The Morgan fingerprint density at radius 1 is 1.21 bits per heavy atom. The molecular formula is C20H21N2O2+. The van der Waals surface area contributed by atoms with Crippen LogP contribution in [0.25, 0.3) is 0 Å². The maximum Gasteiger partial charge on any atom is 0.244 e. The van der Waals surface area contributed by atoms with Crippen LogP contribution in [0.15, 0.2) is 67.3 Å². The Bertz CT molecular complexity index is 827. The van der Waals surface area contributed by atoms with E-state index in [0.29, 0.717) is 0 Å². The molecule has 1 aromatic heterocycles. The number of benzene rings is 2. The number of imidazole rings is 1. The number of hydrogen-bond acceptors (Lipinski definition) is 2.